The third-order valence-corrected chi connectivity index (χ3v) is 6.60. The lowest BCUT2D eigenvalue weighted by Crippen LogP contribution is -2.33. The van der Waals surface area contributed by atoms with Gasteiger partial charge in [0.2, 0.25) is 0 Å². The average molecular weight is 415 g/mol. The molecular formula is C25H38N2O3. The molecule has 5 nitrogen and oxygen atoms in total. The number of carbonyl (C=O) groups excluding carboxylic acids is 1. The lowest BCUT2D eigenvalue weighted by Gasteiger charge is -2.30. The van der Waals surface area contributed by atoms with E-state index in [-0.39, 0.29) is 18.6 Å². The lowest BCUT2D eigenvalue weighted by atomic mass is 9.76. The van der Waals surface area contributed by atoms with Crippen molar-refractivity contribution in [1.82, 2.24) is 5.32 Å². The Labute approximate surface area is 181 Å². The minimum absolute atomic E-state index is 0.0334. The molecule has 4 N–H and O–H groups in total. The Morgan fingerprint density at radius 3 is 3.03 bits per heavy atom. The zero-order valence-electron chi connectivity index (χ0n) is 18.4. The lowest BCUT2D eigenvalue weighted by molar-refractivity contribution is -0.123. The van der Waals surface area contributed by atoms with Gasteiger partial charge in [-0.2, -0.15) is 0 Å². The second-order valence-corrected chi connectivity index (χ2v) is 8.80. The van der Waals surface area contributed by atoms with Crippen molar-refractivity contribution in [3.63, 3.8) is 0 Å². The summed E-state index contributed by atoms with van der Waals surface area (Å²) in [6.07, 6.45) is 11.7. The maximum Gasteiger partial charge on any atom is 0.257 e. The fraction of sp³-hybridized carbons (Fsp3) is 0.640. The number of amides is 1. The molecule has 1 amide bonds. The normalized spacial score (nSPS) is 22.4. The van der Waals surface area contributed by atoms with Crippen LogP contribution in [-0.4, -0.2) is 36.8 Å². The molecule has 5 heteroatoms. The second-order valence-electron chi connectivity index (χ2n) is 8.80. The van der Waals surface area contributed by atoms with Crippen LogP contribution < -0.4 is 15.8 Å². The summed E-state index contributed by atoms with van der Waals surface area (Å²) in [5.41, 5.74) is 9.57. The van der Waals surface area contributed by atoms with Gasteiger partial charge >= 0.3 is 0 Å². The molecule has 1 aromatic rings. The fourth-order valence-corrected chi connectivity index (χ4v) is 4.95. The molecule has 0 radical (unpaired) electrons. The van der Waals surface area contributed by atoms with E-state index in [2.05, 4.69) is 24.4 Å². The van der Waals surface area contributed by atoms with Gasteiger partial charge < -0.3 is 20.9 Å². The number of fused-ring (bicyclic) bond motifs is 2. The van der Waals surface area contributed by atoms with Crippen LogP contribution in [0.1, 0.15) is 63.0 Å². The number of aliphatic hydroxyl groups is 1. The summed E-state index contributed by atoms with van der Waals surface area (Å²) in [5, 5.41) is 13.0. The zero-order valence-corrected chi connectivity index (χ0v) is 18.4. The fourth-order valence-electron chi connectivity index (χ4n) is 4.95. The van der Waals surface area contributed by atoms with Crippen LogP contribution in [-0.2, 0) is 17.6 Å². The van der Waals surface area contributed by atoms with Crippen molar-refractivity contribution in [3.8, 4) is 5.75 Å². The Morgan fingerprint density at radius 2 is 2.23 bits per heavy atom. The van der Waals surface area contributed by atoms with Crippen molar-refractivity contribution in [1.29, 1.82) is 0 Å². The number of rotatable bonds is 11. The van der Waals surface area contributed by atoms with E-state index in [1.807, 2.05) is 12.1 Å². The van der Waals surface area contributed by atoms with Gasteiger partial charge in [-0.3, -0.25) is 4.79 Å². The highest BCUT2D eigenvalue weighted by molar-refractivity contribution is 5.77. The van der Waals surface area contributed by atoms with Crippen molar-refractivity contribution in [2.75, 3.05) is 19.7 Å². The minimum Gasteiger partial charge on any atom is -0.483 e. The molecule has 0 aromatic heterocycles. The monoisotopic (exact) mass is 414 g/mol. The first-order valence-electron chi connectivity index (χ1n) is 11.7. The van der Waals surface area contributed by atoms with Crippen LogP contribution in [0.3, 0.4) is 0 Å². The summed E-state index contributed by atoms with van der Waals surface area (Å²) in [7, 11) is 0. The Bertz CT molecular complexity index is 731. The van der Waals surface area contributed by atoms with E-state index in [0.717, 1.165) is 44.3 Å². The van der Waals surface area contributed by atoms with Crippen molar-refractivity contribution in [3.05, 3.63) is 41.0 Å². The summed E-state index contributed by atoms with van der Waals surface area (Å²) in [6, 6.07) is 6.21. The number of nitrogens with one attached hydrogen (secondary N) is 1. The highest BCUT2D eigenvalue weighted by Gasteiger charge is 2.36. The number of hydrogen-bond donors (Lipinski definition) is 3. The molecule has 2 aliphatic rings. The highest BCUT2D eigenvalue weighted by Crippen LogP contribution is 2.46. The minimum atomic E-state index is -0.204. The molecule has 0 aliphatic heterocycles. The van der Waals surface area contributed by atoms with Gasteiger partial charge in [0.25, 0.3) is 5.91 Å². The number of ether oxygens (including phenoxy) is 1. The van der Waals surface area contributed by atoms with Crippen LogP contribution in [0.2, 0.25) is 0 Å². The summed E-state index contributed by atoms with van der Waals surface area (Å²) in [4.78, 5) is 11.9. The van der Waals surface area contributed by atoms with Crippen molar-refractivity contribution in [2.45, 2.75) is 70.8 Å². The SMILES string of the molecule is CCCCCC(O)C/C=C1\CCC2Cc3c(cccc3OCC(=O)NCCN)CC12. The van der Waals surface area contributed by atoms with Crippen LogP contribution in [0.15, 0.2) is 29.8 Å². The summed E-state index contributed by atoms with van der Waals surface area (Å²) >= 11 is 0. The van der Waals surface area contributed by atoms with E-state index in [4.69, 9.17) is 10.5 Å². The Kier molecular flexibility index (Phi) is 8.76. The van der Waals surface area contributed by atoms with Crippen LogP contribution in [0.4, 0.5) is 0 Å². The molecule has 0 saturated heterocycles. The second kappa shape index (κ2) is 11.5. The number of carbonyl (C=O) groups is 1. The molecule has 3 unspecified atom stereocenters. The third-order valence-electron chi connectivity index (χ3n) is 6.60. The molecule has 1 fully saturated rings. The smallest absolute Gasteiger partial charge is 0.257 e. The molecule has 3 rings (SSSR count). The Hall–Kier alpha value is -1.85. The van der Waals surface area contributed by atoms with E-state index in [1.165, 1.54) is 36.0 Å². The van der Waals surface area contributed by atoms with Gasteiger partial charge in [-0.15, -0.1) is 0 Å². The Balaban J connectivity index is 1.59. The van der Waals surface area contributed by atoms with Gasteiger partial charge in [0, 0.05) is 13.1 Å². The number of benzene rings is 1. The number of hydrogen-bond acceptors (Lipinski definition) is 4. The highest BCUT2D eigenvalue weighted by atomic mass is 16.5. The van der Waals surface area contributed by atoms with E-state index >= 15 is 0 Å². The van der Waals surface area contributed by atoms with Crippen molar-refractivity contribution in [2.24, 2.45) is 17.6 Å². The predicted octanol–water partition coefficient (Wildman–Crippen LogP) is 3.52. The van der Waals surface area contributed by atoms with Gasteiger partial charge in [0.1, 0.15) is 5.75 Å². The van der Waals surface area contributed by atoms with Gasteiger partial charge in [-0.25, -0.2) is 0 Å². The van der Waals surface area contributed by atoms with E-state index in [1.54, 1.807) is 0 Å². The standard InChI is InChI=1S/C25H38N2O3/c1-2-3-4-7-21(28)12-11-18-9-10-20-16-23-19(15-22(18)20)6-5-8-24(23)30-17-25(29)27-14-13-26/h5-6,8,11,20-22,28H,2-4,7,9-10,12-17,26H2,1H3,(H,27,29)/b18-11+. The van der Waals surface area contributed by atoms with Crippen LogP contribution in [0, 0.1) is 11.8 Å². The molecule has 0 heterocycles. The van der Waals surface area contributed by atoms with Crippen molar-refractivity contribution < 1.29 is 14.6 Å². The van der Waals surface area contributed by atoms with E-state index < -0.39 is 0 Å². The van der Waals surface area contributed by atoms with Gasteiger partial charge in [-0.1, -0.05) is 50.0 Å². The molecule has 2 aliphatic carbocycles. The molecule has 0 spiro atoms. The van der Waals surface area contributed by atoms with Crippen LogP contribution >= 0.6 is 0 Å². The number of allylic oxidation sites excluding steroid dienone is 1. The van der Waals surface area contributed by atoms with Crippen LogP contribution in [0.5, 0.6) is 5.75 Å². The first-order valence-corrected chi connectivity index (χ1v) is 11.7. The maximum absolute atomic E-state index is 11.9. The molecule has 30 heavy (non-hydrogen) atoms. The first kappa shape index (κ1) is 22.8. The Morgan fingerprint density at radius 1 is 1.37 bits per heavy atom. The van der Waals surface area contributed by atoms with Crippen LogP contribution in [0.25, 0.3) is 0 Å². The quantitative estimate of drug-likeness (QED) is 0.382. The van der Waals surface area contributed by atoms with E-state index in [0.29, 0.717) is 24.9 Å². The molecule has 3 atom stereocenters. The predicted molar refractivity (Wildman–Crippen MR) is 120 cm³/mol. The van der Waals surface area contributed by atoms with Gasteiger partial charge in [0.15, 0.2) is 6.61 Å². The van der Waals surface area contributed by atoms with E-state index in [9.17, 15) is 9.90 Å². The third kappa shape index (κ3) is 6.08. The molecule has 1 saturated carbocycles. The molecular weight excluding hydrogens is 376 g/mol. The molecule has 0 bridgehead atoms. The average Bonchev–Trinajstić information content (AvgIpc) is 3.15. The summed E-state index contributed by atoms with van der Waals surface area (Å²) < 4.78 is 5.86. The number of unbranched alkanes of at least 4 members (excludes halogenated alkanes) is 2. The zero-order chi connectivity index (χ0) is 21.3. The summed E-state index contributed by atoms with van der Waals surface area (Å²) in [5.74, 6) is 1.94. The molecule has 1 aromatic carbocycles. The molecule has 166 valence electrons. The number of nitrogens with two attached hydrogens (primary N) is 1. The van der Waals surface area contributed by atoms with Gasteiger partial charge in [-0.05, 0) is 67.6 Å². The first-order chi connectivity index (χ1) is 14.6. The maximum atomic E-state index is 11.9. The number of aliphatic hydroxyl groups excluding tert-OH is 1. The summed E-state index contributed by atoms with van der Waals surface area (Å²) in [6.45, 7) is 3.13. The largest absolute Gasteiger partial charge is 0.483 e. The van der Waals surface area contributed by atoms with Gasteiger partial charge in [0.05, 0.1) is 6.10 Å². The van der Waals surface area contributed by atoms with Crippen molar-refractivity contribution >= 4 is 5.91 Å². The topological polar surface area (TPSA) is 84.6 Å².